The van der Waals surface area contributed by atoms with E-state index in [0.29, 0.717) is 0 Å². The maximum atomic E-state index is 5.64. The Kier molecular flexibility index (Phi) is 3.08. The van der Waals surface area contributed by atoms with Gasteiger partial charge in [0.25, 0.3) is 0 Å². The van der Waals surface area contributed by atoms with E-state index >= 15 is 0 Å². The SMILES string of the molecule is NNC(c1cccc(C2CCC2)c1)c1cn[nH]n1. The lowest BCUT2D eigenvalue weighted by atomic mass is 9.79. The molecule has 1 aliphatic carbocycles. The normalized spacial score (nSPS) is 17.4. The molecule has 5 heteroatoms. The van der Waals surface area contributed by atoms with Crippen LogP contribution in [-0.4, -0.2) is 15.4 Å². The second kappa shape index (κ2) is 4.88. The summed E-state index contributed by atoms with van der Waals surface area (Å²) in [7, 11) is 0. The molecule has 94 valence electrons. The van der Waals surface area contributed by atoms with Gasteiger partial charge in [-0.15, -0.1) is 0 Å². The van der Waals surface area contributed by atoms with Gasteiger partial charge in [0.15, 0.2) is 0 Å². The molecule has 18 heavy (non-hydrogen) atoms. The van der Waals surface area contributed by atoms with E-state index in [4.69, 9.17) is 5.84 Å². The van der Waals surface area contributed by atoms with Crippen LogP contribution >= 0.6 is 0 Å². The van der Waals surface area contributed by atoms with Gasteiger partial charge in [0.1, 0.15) is 5.69 Å². The number of hydrazine groups is 1. The number of aromatic nitrogens is 3. The number of benzene rings is 1. The zero-order chi connectivity index (χ0) is 12.4. The lowest BCUT2D eigenvalue weighted by Gasteiger charge is -2.26. The fourth-order valence-corrected chi connectivity index (χ4v) is 2.44. The number of hydrogen-bond acceptors (Lipinski definition) is 4. The van der Waals surface area contributed by atoms with Crippen molar-refractivity contribution in [3.63, 3.8) is 0 Å². The highest BCUT2D eigenvalue weighted by Gasteiger charge is 2.21. The minimum absolute atomic E-state index is 0.108. The summed E-state index contributed by atoms with van der Waals surface area (Å²) in [6.45, 7) is 0. The smallest absolute Gasteiger partial charge is 0.105 e. The summed E-state index contributed by atoms with van der Waals surface area (Å²) in [5.41, 5.74) is 6.15. The van der Waals surface area contributed by atoms with Crippen LogP contribution in [0, 0.1) is 0 Å². The van der Waals surface area contributed by atoms with Gasteiger partial charge in [-0.25, -0.2) is 5.43 Å². The third-order valence-corrected chi connectivity index (χ3v) is 3.72. The molecule has 4 N–H and O–H groups in total. The first kappa shape index (κ1) is 11.4. The largest absolute Gasteiger partial charge is 0.271 e. The monoisotopic (exact) mass is 243 g/mol. The summed E-state index contributed by atoms with van der Waals surface area (Å²) < 4.78 is 0. The van der Waals surface area contributed by atoms with Crippen LogP contribution < -0.4 is 11.3 Å². The molecule has 0 saturated heterocycles. The number of nitrogens with two attached hydrogens (primary N) is 1. The Labute approximate surface area is 106 Å². The van der Waals surface area contributed by atoms with E-state index in [1.807, 2.05) is 0 Å². The third-order valence-electron chi connectivity index (χ3n) is 3.72. The number of hydrogen-bond donors (Lipinski definition) is 3. The van der Waals surface area contributed by atoms with Crippen molar-refractivity contribution < 1.29 is 0 Å². The molecule has 5 nitrogen and oxygen atoms in total. The first-order valence-electron chi connectivity index (χ1n) is 6.30. The van der Waals surface area contributed by atoms with Gasteiger partial charge in [0.05, 0.1) is 12.2 Å². The summed E-state index contributed by atoms with van der Waals surface area (Å²) in [6.07, 6.45) is 5.64. The molecule has 0 radical (unpaired) electrons. The Morgan fingerprint density at radius 1 is 1.39 bits per heavy atom. The first-order chi connectivity index (χ1) is 8.88. The molecule has 1 atom stereocenters. The average molecular weight is 243 g/mol. The predicted octanol–water partition coefficient (Wildman–Crippen LogP) is 1.62. The highest BCUT2D eigenvalue weighted by atomic mass is 15.3. The van der Waals surface area contributed by atoms with E-state index < -0.39 is 0 Å². The molecule has 0 bridgehead atoms. The highest BCUT2D eigenvalue weighted by Crippen LogP contribution is 2.37. The van der Waals surface area contributed by atoms with Crippen LogP contribution in [0.4, 0.5) is 0 Å². The van der Waals surface area contributed by atoms with Crippen LogP contribution in [0.3, 0.4) is 0 Å². The van der Waals surface area contributed by atoms with Crippen molar-refractivity contribution in [1.82, 2.24) is 20.8 Å². The van der Waals surface area contributed by atoms with Crippen molar-refractivity contribution in [3.05, 3.63) is 47.3 Å². The number of aromatic amines is 1. The Morgan fingerprint density at radius 3 is 2.89 bits per heavy atom. The molecule has 1 aromatic heterocycles. The molecule has 1 heterocycles. The molecule has 0 spiro atoms. The Hall–Kier alpha value is -1.72. The van der Waals surface area contributed by atoms with Crippen LogP contribution in [0.15, 0.2) is 30.5 Å². The molecular weight excluding hydrogens is 226 g/mol. The average Bonchev–Trinajstić information content (AvgIpc) is 2.82. The van der Waals surface area contributed by atoms with Gasteiger partial charge in [0, 0.05) is 0 Å². The van der Waals surface area contributed by atoms with Gasteiger partial charge in [-0.3, -0.25) is 5.84 Å². The zero-order valence-corrected chi connectivity index (χ0v) is 10.1. The molecule has 3 rings (SSSR count). The Morgan fingerprint density at radius 2 is 2.28 bits per heavy atom. The zero-order valence-electron chi connectivity index (χ0n) is 10.1. The van der Waals surface area contributed by atoms with E-state index in [1.54, 1.807) is 6.20 Å². The van der Waals surface area contributed by atoms with Gasteiger partial charge in [-0.2, -0.15) is 15.4 Å². The quantitative estimate of drug-likeness (QED) is 0.563. The summed E-state index contributed by atoms with van der Waals surface area (Å²) in [5.74, 6) is 6.36. The van der Waals surface area contributed by atoms with Gasteiger partial charge in [-0.1, -0.05) is 30.7 Å². The molecule has 1 saturated carbocycles. The number of H-pyrrole nitrogens is 1. The van der Waals surface area contributed by atoms with Gasteiger partial charge in [-0.05, 0) is 29.9 Å². The van der Waals surface area contributed by atoms with Crippen molar-refractivity contribution >= 4 is 0 Å². The Balaban J connectivity index is 1.90. The Bertz CT molecular complexity index is 504. The van der Waals surface area contributed by atoms with E-state index in [2.05, 4.69) is 45.1 Å². The minimum Gasteiger partial charge on any atom is -0.271 e. The second-order valence-electron chi connectivity index (χ2n) is 4.79. The summed E-state index contributed by atoms with van der Waals surface area (Å²) in [5, 5.41) is 10.5. The minimum atomic E-state index is -0.108. The molecule has 1 aromatic carbocycles. The van der Waals surface area contributed by atoms with Crippen LogP contribution in [0.25, 0.3) is 0 Å². The molecule has 2 aromatic rings. The molecular formula is C13H17N5. The van der Waals surface area contributed by atoms with E-state index in [-0.39, 0.29) is 6.04 Å². The highest BCUT2D eigenvalue weighted by molar-refractivity contribution is 5.32. The van der Waals surface area contributed by atoms with Gasteiger partial charge in [0.2, 0.25) is 0 Å². The second-order valence-corrected chi connectivity index (χ2v) is 4.79. The van der Waals surface area contributed by atoms with Crippen LogP contribution in [0.5, 0.6) is 0 Å². The summed E-state index contributed by atoms with van der Waals surface area (Å²) >= 11 is 0. The van der Waals surface area contributed by atoms with Crippen molar-refractivity contribution in [2.75, 3.05) is 0 Å². The fourth-order valence-electron chi connectivity index (χ4n) is 2.44. The van der Waals surface area contributed by atoms with Crippen molar-refractivity contribution in [2.24, 2.45) is 5.84 Å². The third kappa shape index (κ3) is 2.02. The lowest BCUT2D eigenvalue weighted by Crippen LogP contribution is -2.29. The summed E-state index contributed by atoms with van der Waals surface area (Å²) in [4.78, 5) is 0. The van der Waals surface area contributed by atoms with E-state index in [1.165, 1.54) is 24.8 Å². The van der Waals surface area contributed by atoms with Crippen molar-refractivity contribution in [3.8, 4) is 0 Å². The van der Waals surface area contributed by atoms with Gasteiger partial charge >= 0.3 is 0 Å². The van der Waals surface area contributed by atoms with Crippen LogP contribution in [0.2, 0.25) is 0 Å². The van der Waals surface area contributed by atoms with Gasteiger partial charge < -0.3 is 0 Å². The predicted molar refractivity (Wildman–Crippen MR) is 68.6 cm³/mol. The maximum absolute atomic E-state index is 5.64. The van der Waals surface area contributed by atoms with Crippen LogP contribution in [-0.2, 0) is 0 Å². The molecule has 0 aliphatic heterocycles. The molecule has 1 unspecified atom stereocenters. The molecule has 0 amide bonds. The van der Waals surface area contributed by atoms with Crippen LogP contribution in [0.1, 0.15) is 48.0 Å². The van der Waals surface area contributed by atoms with E-state index in [9.17, 15) is 0 Å². The topological polar surface area (TPSA) is 79.6 Å². The fraction of sp³-hybridized carbons (Fsp3) is 0.385. The molecule has 1 aliphatic rings. The maximum Gasteiger partial charge on any atom is 0.105 e. The van der Waals surface area contributed by atoms with E-state index in [0.717, 1.165) is 17.2 Å². The first-order valence-corrected chi connectivity index (χ1v) is 6.30. The number of nitrogens with one attached hydrogen (secondary N) is 2. The number of rotatable bonds is 4. The van der Waals surface area contributed by atoms with Crippen molar-refractivity contribution in [2.45, 2.75) is 31.2 Å². The summed E-state index contributed by atoms with van der Waals surface area (Å²) in [6, 6.07) is 8.48. The standard InChI is InChI=1S/C13H17N5/c14-16-13(12-8-15-18-17-12)11-6-2-5-10(7-11)9-3-1-4-9/h2,5-9,13,16H,1,3-4,14H2,(H,15,17,18). The molecule has 1 fully saturated rings. The van der Waals surface area contributed by atoms with Crippen molar-refractivity contribution in [1.29, 1.82) is 0 Å². The number of nitrogens with zero attached hydrogens (tertiary/aromatic N) is 2. The lowest BCUT2D eigenvalue weighted by molar-refractivity contribution is 0.419.